The predicted molar refractivity (Wildman–Crippen MR) is 78.2 cm³/mol. The Bertz CT molecular complexity index is 546. The molecule has 4 nitrogen and oxygen atoms in total. The Morgan fingerprint density at radius 2 is 1.75 bits per heavy atom. The van der Waals surface area contributed by atoms with Crippen molar-refractivity contribution in [1.29, 1.82) is 0 Å². The lowest BCUT2D eigenvalue weighted by Crippen LogP contribution is -2.46. The van der Waals surface area contributed by atoms with Gasteiger partial charge in [0.2, 0.25) is 10.0 Å². The fourth-order valence-corrected chi connectivity index (χ4v) is 3.85. The zero-order valence-electron chi connectivity index (χ0n) is 12.2. The van der Waals surface area contributed by atoms with Crippen molar-refractivity contribution < 1.29 is 12.8 Å². The van der Waals surface area contributed by atoms with E-state index in [2.05, 4.69) is 4.72 Å². The van der Waals surface area contributed by atoms with Gasteiger partial charge in [0.1, 0.15) is 5.82 Å². The first kappa shape index (κ1) is 17.1. The fraction of sp³-hybridized carbons (Fsp3) is 0.571. The van der Waals surface area contributed by atoms with Gasteiger partial charge in [-0.15, -0.1) is 0 Å². The van der Waals surface area contributed by atoms with Crippen LogP contribution in [0.25, 0.3) is 0 Å². The van der Waals surface area contributed by atoms with Crippen LogP contribution < -0.4 is 10.5 Å². The van der Waals surface area contributed by atoms with Crippen LogP contribution in [0.2, 0.25) is 0 Å². The lowest BCUT2D eigenvalue weighted by molar-refractivity contribution is 0.341. The molecule has 0 fully saturated rings. The summed E-state index contributed by atoms with van der Waals surface area (Å²) in [6.07, 6.45) is 2.10. The van der Waals surface area contributed by atoms with Gasteiger partial charge < -0.3 is 5.73 Å². The van der Waals surface area contributed by atoms with Crippen molar-refractivity contribution in [2.45, 2.75) is 57.0 Å². The van der Waals surface area contributed by atoms with Gasteiger partial charge in [-0.25, -0.2) is 17.5 Å². The van der Waals surface area contributed by atoms with Gasteiger partial charge >= 0.3 is 0 Å². The third-order valence-electron chi connectivity index (χ3n) is 3.93. The molecule has 1 rings (SSSR count). The number of halogens is 1. The lowest BCUT2D eigenvalue weighted by atomic mass is 9.91. The van der Waals surface area contributed by atoms with Gasteiger partial charge in [0, 0.05) is 17.6 Å². The first-order chi connectivity index (χ1) is 9.34. The highest BCUT2D eigenvalue weighted by Crippen LogP contribution is 2.23. The minimum absolute atomic E-state index is 0.0321. The predicted octanol–water partition coefficient (Wildman–Crippen LogP) is 2.53. The Hall–Kier alpha value is -0.980. The van der Waals surface area contributed by atoms with Crippen molar-refractivity contribution in [1.82, 2.24) is 4.72 Å². The number of hydrogen-bond acceptors (Lipinski definition) is 3. The number of sulfonamides is 1. The topological polar surface area (TPSA) is 72.2 Å². The average molecular weight is 302 g/mol. The van der Waals surface area contributed by atoms with E-state index in [4.69, 9.17) is 5.73 Å². The normalized spacial score (nSPS) is 12.7. The molecule has 0 unspecified atom stereocenters. The summed E-state index contributed by atoms with van der Waals surface area (Å²) >= 11 is 0. The number of nitrogens with two attached hydrogens (primary N) is 1. The summed E-state index contributed by atoms with van der Waals surface area (Å²) in [5.74, 6) is -0.487. The molecule has 0 aliphatic heterocycles. The summed E-state index contributed by atoms with van der Waals surface area (Å²) in [4.78, 5) is 0.0547. The molecule has 0 radical (unpaired) electrons. The molecular formula is C14H23FN2O2S. The van der Waals surface area contributed by atoms with Gasteiger partial charge in [0.25, 0.3) is 0 Å². The quantitative estimate of drug-likeness (QED) is 0.813. The molecule has 0 spiro atoms. The largest absolute Gasteiger partial charge is 0.326 e. The molecule has 0 aliphatic carbocycles. The van der Waals surface area contributed by atoms with E-state index in [-0.39, 0.29) is 17.0 Å². The molecule has 3 N–H and O–H groups in total. The van der Waals surface area contributed by atoms with Gasteiger partial charge in [-0.2, -0.15) is 0 Å². The Labute approximate surface area is 120 Å². The van der Waals surface area contributed by atoms with Gasteiger partial charge in [-0.1, -0.05) is 20.8 Å². The molecule has 114 valence electrons. The van der Waals surface area contributed by atoms with Crippen LogP contribution in [0.1, 0.15) is 45.6 Å². The SMILES string of the molecule is CCC(CC)(CC)NS(=O)(=O)c1ccc(F)c(CN)c1. The minimum atomic E-state index is -3.68. The van der Waals surface area contributed by atoms with Crippen LogP contribution in [0.3, 0.4) is 0 Å². The standard InChI is InChI=1S/C14H23FN2O2S/c1-4-14(5-2,6-3)17-20(18,19)12-7-8-13(15)11(9-12)10-16/h7-9,17H,4-6,10,16H2,1-3H3. The van der Waals surface area contributed by atoms with E-state index in [0.717, 1.165) is 6.07 Å². The van der Waals surface area contributed by atoms with Gasteiger partial charge in [-0.3, -0.25) is 0 Å². The molecule has 0 atom stereocenters. The Morgan fingerprint density at radius 3 is 2.20 bits per heavy atom. The first-order valence-electron chi connectivity index (χ1n) is 6.86. The Balaban J connectivity index is 3.17. The Kier molecular flexibility index (Phi) is 5.68. The zero-order chi connectivity index (χ0) is 15.4. The Morgan fingerprint density at radius 1 is 1.20 bits per heavy atom. The van der Waals surface area contributed by atoms with Crippen molar-refractivity contribution in [3.63, 3.8) is 0 Å². The summed E-state index contributed by atoms with van der Waals surface area (Å²) in [5, 5.41) is 0. The highest BCUT2D eigenvalue weighted by atomic mass is 32.2. The number of benzene rings is 1. The van der Waals surface area contributed by atoms with Crippen LogP contribution in [0.5, 0.6) is 0 Å². The van der Waals surface area contributed by atoms with E-state index in [1.165, 1.54) is 12.1 Å². The molecule has 0 aliphatic rings. The third kappa shape index (κ3) is 3.56. The maximum absolute atomic E-state index is 13.4. The second-order valence-corrected chi connectivity index (χ2v) is 6.59. The van der Waals surface area contributed by atoms with E-state index < -0.39 is 21.4 Å². The molecule has 0 heterocycles. The first-order valence-corrected chi connectivity index (χ1v) is 8.35. The molecule has 1 aromatic carbocycles. The smallest absolute Gasteiger partial charge is 0.241 e. The molecule has 1 aromatic rings. The molecule has 0 bridgehead atoms. The van der Waals surface area contributed by atoms with Crippen molar-refractivity contribution >= 4 is 10.0 Å². The lowest BCUT2D eigenvalue weighted by Gasteiger charge is -2.31. The van der Waals surface area contributed by atoms with Crippen LogP contribution in [0.4, 0.5) is 4.39 Å². The monoisotopic (exact) mass is 302 g/mol. The maximum atomic E-state index is 13.4. The number of nitrogens with one attached hydrogen (secondary N) is 1. The van der Waals surface area contributed by atoms with Crippen LogP contribution >= 0.6 is 0 Å². The van der Waals surface area contributed by atoms with Crippen molar-refractivity contribution in [3.8, 4) is 0 Å². The summed E-state index contributed by atoms with van der Waals surface area (Å²) in [6.45, 7) is 5.82. The molecular weight excluding hydrogens is 279 g/mol. The molecule has 0 aromatic heterocycles. The maximum Gasteiger partial charge on any atom is 0.241 e. The zero-order valence-corrected chi connectivity index (χ0v) is 13.1. The number of rotatable bonds is 7. The van der Waals surface area contributed by atoms with Crippen molar-refractivity contribution in [2.75, 3.05) is 0 Å². The van der Waals surface area contributed by atoms with Gasteiger partial charge in [0.15, 0.2) is 0 Å². The van der Waals surface area contributed by atoms with E-state index in [1.807, 2.05) is 20.8 Å². The van der Waals surface area contributed by atoms with Gasteiger partial charge in [-0.05, 0) is 37.5 Å². The third-order valence-corrected chi connectivity index (χ3v) is 5.50. The van der Waals surface area contributed by atoms with Crippen LogP contribution in [-0.4, -0.2) is 14.0 Å². The van der Waals surface area contributed by atoms with Crippen LogP contribution in [-0.2, 0) is 16.6 Å². The van der Waals surface area contributed by atoms with Crippen molar-refractivity contribution in [3.05, 3.63) is 29.6 Å². The van der Waals surface area contributed by atoms with E-state index >= 15 is 0 Å². The highest BCUT2D eigenvalue weighted by molar-refractivity contribution is 7.89. The fourth-order valence-electron chi connectivity index (χ4n) is 2.19. The molecule has 0 amide bonds. The second kappa shape index (κ2) is 6.65. The molecule has 20 heavy (non-hydrogen) atoms. The molecule has 0 saturated carbocycles. The minimum Gasteiger partial charge on any atom is -0.326 e. The van der Waals surface area contributed by atoms with E-state index in [1.54, 1.807) is 0 Å². The van der Waals surface area contributed by atoms with Crippen molar-refractivity contribution in [2.24, 2.45) is 5.73 Å². The summed E-state index contributed by atoms with van der Waals surface area (Å²) in [5.41, 5.74) is 5.15. The summed E-state index contributed by atoms with van der Waals surface area (Å²) in [7, 11) is -3.68. The molecule has 6 heteroatoms. The summed E-state index contributed by atoms with van der Waals surface area (Å²) in [6, 6.07) is 3.70. The van der Waals surface area contributed by atoms with E-state index in [9.17, 15) is 12.8 Å². The number of hydrogen-bond donors (Lipinski definition) is 2. The second-order valence-electron chi connectivity index (χ2n) is 4.90. The highest BCUT2D eigenvalue weighted by Gasteiger charge is 2.30. The van der Waals surface area contributed by atoms with Crippen LogP contribution in [0.15, 0.2) is 23.1 Å². The van der Waals surface area contributed by atoms with E-state index in [0.29, 0.717) is 19.3 Å². The van der Waals surface area contributed by atoms with Crippen LogP contribution in [0, 0.1) is 5.82 Å². The summed E-state index contributed by atoms with van der Waals surface area (Å²) < 4.78 is 41.0. The molecule has 0 saturated heterocycles. The van der Waals surface area contributed by atoms with Gasteiger partial charge in [0.05, 0.1) is 4.90 Å². The average Bonchev–Trinajstić information content (AvgIpc) is 2.45.